The molecule has 1 aliphatic heterocycles. The minimum absolute atomic E-state index is 0.115. The van der Waals surface area contributed by atoms with Gasteiger partial charge < -0.3 is 4.90 Å². The molecule has 0 saturated carbocycles. The number of halogens is 2. The average molecular weight is 333 g/mol. The van der Waals surface area contributed by atoms with E-state index in [9.17, 15) is 8.78 Å². The van der Waals surface area contributed by atoms with Crippen LogP contribution >= 0.6 is 11.8 Å². The van der Waals surface area contributed by atoms with Crippen LogP contribution < -0.4 is 0 Å². The van der Waals surface area contributed by atoms with E-state index in [2.05, 4.69) is 4.90 Å². The topological polar surface area (TPSA) is 3.24 Å². The number of benzene rings is 2. The van der Waals surface area contributed by atoms with Crippen molar-refractivity contribution in [3.8, 4) is 0 Å². The van der Waals surface area contributed by atoms with Gasteiger partial charge in [-0.05, 0) is 62.2 Å². The highest BCUT2D eigenvalue weighted by Gasteiger charge is 2.20. The lowest BCUT2D eigenvalue weighted by molar-refractivity contribution is 0.235. The van der Waals surface area contributed by atoms with Gasteiger partial charge in [0.2, 0.25) is 0 Å². The van der Waals surface area contributed by atoms with Crippen LogP contribution in [0.1, 0.15) is 18.4 Å². The van der Waals surface area contributed by atoms with Crippen molar-refractivity contribution in [1.29, 1.82) is 0 Å². The van der Waals surface area contributed by atoms with Gasteiger partial charge in [0.25, 0.3) is 0 Å². The van der Waals surface area contributed by atoms with Crippen molar-refractivity contribution >= 4 is 11.8 Å². The van der Waals surface area contributed by atoms with E-state index in [4.69, 9.17) is 0 Å². The van der Waals surface area contributed by atoms with Gasteiger partial charge in [-0.1, -0.05) is 24.3 Å². The van der Waals surface area contributed by atoms with E-state index in [1.165, 1.54) is 23.8 Å². The molecule has 23 heavy (non-hydrogen) atoms. The van der Waals surface area contributed by atoms with E-state index < -0.39 is 0 Å². The summed E-state index contributed by atoms with van der Waals surface area (Å²) >= 11 is 1.67. The van der Waals surface area contributed by atoms with E-state index in [0.29, 0.717) is 5.25 Å². The molecule has 1 nitrogen and oxygen atoms in total. The second-order valence-corrected chi connectivity index (χ2v) is 7.31. The van der Waals surface area contributed by atoms with Gasteiger partial charge in [-0.2, -0.15) is 0 Å². The largest absolute Gasteiger partial charge is 0.303 e. The van der Waals surface area contributed by atoms with Crippen molar-refractivity contribution in [3.63, 3.8) is 0 Å². The number of piperidine rings is 1. The summed E-state index contributed by atoms with van der Waals surface area (Å²) in [5, 5.41) is 0.494. The standard InChI is InChI=1S/C19H21F2NS/c20-16-7-5-15(6-8-16)9-12-22-13-10-17(11-14-22)23-19-4-2-1-3-18(19)21/h1-8,17H,9-14H2. The first-order chi connectivity index (χ1) is 11.2. The molecule has 0 atom stereocenters. The van der Waals surface area contributed by atoms with Crippen LogP contribution in [-0.4, -0.2) is 29.8 Å². The molecule has 2 aromatic rings. The van der Waals surface area contributed by atoms with Crippen LogP contribution in [0, 0.1) is 11.6 Å². The van der Waals surface area contributed by atoms with Crippen molar-refractivity contribution in [3.05, 3.63) is 65.7 Å². The van der Waals surface area contributed by atoms with E-state index >= 15 is 0 Å². The van der Waals surface area contributed by atoms with Gasteiger partial charge >= 0.3 is 0 Å². The normalized spacial score (nSPS) is 16.6. The lowest BCUT2D eigenvalue weighted by atomic mass is 10.1. The summed E-state index contributed by atoms with van der Waals surface area (Å²) in [7, 11) is 0. The maximum atomic E-state index is 13.7. The molecule has 0 radical (unpaired) electrons. The molecule has 0 bridgehead atoms. The summed E-state index contributed by atoms with van der Waals surface area (Å²) in [5.74, 6) is -0.295. The first-order valence-corrected chi connectivity index (χ1v) is 8.96. The molecular weight excluding hydrogens is 312 g/mol. The maximum absolute atomic E-state index is 13.7. The van der Waals surface area contributed by atoms with Crippen LogP contribution in [0.4, 0.5) is 8.78 Å². The molecule has 122 valence electrons. The Balaban J connectivity index is 1.43. The van der Waals surface area contributed by atoms with Crippen molar-refractivity contribution in [2.45, 2.75) is 29.4 Å². The van der Waals surface area contributed by atoms with Gasteiger partial charge in [-0.3, -0.25) is 0 Å². The molecular formula is C19H21F2NS. The van der Waals surface area contributed by atoms with Crippen molar-refractivity contribution < 1.29 is 8.78 Å². The van der Waals surface area contributed by atoms with Gasteiger partial charge in [0.1, 0.15) is 11.6 Å². The SMILES string of the molecule is Fc1ccc(CCN2CCC(Sc3ccccc3F)CC2)cc1. The molecule has 3 rings (SSSR count). The summed E-state index contributed by atoms with van der Waals surface area (Å²) in [5.41, 5.74) is 1.18. The van der Waals surface area contributed by atoms with Crippen LogP contribution in [0.5, 0.6) is 0 Å². The van der Waals surface area contributed by atoms with Crippen LogP contribution in [0.2, 0.25) is 0 Å². The average Bonchev–Trinajstić information content (AvgIpc) is 2.58. The molecule has 4 heteroatoms. The Hall–Kier alpha value is -1.39. The third kappa shape index (κ3) is 4.79. The van der Waals surface area contributed by atoms with Crippen LogP contribution in [0.3, 0.4) is 0 Å². The fourth-order valence-corrected chi connectivity index (χ4v) is 4.05. The molecule has 0 amide bonds. The maximum Gasteiger partial charge on any atom is 0.136 e. The van der Waals surface area contributed by atoms with Gasteiger partial charge in [0.05, 0.1) is 0 Å². The van der Waals surface area contributed by atoms with E-state index in [-0.39, 0.29) is 11.6 Å². The number of hydrogen-bond donors (Lipinski definition) is 0. The van der Waals surface area contributed by atoms with Gasteiger partial charge in [-0.15, -0.1) is 11.8 Å². The van der Waals surface area contributed by atoms with Crippen LogP contribution in [0.25, 0.3) is 0 Å². The smallest absolute Gasteiger partial charge is 0.136 e. The highest BCUT2D eigenvalue weighted by atomic mass is 32.2. The fourth-order valence-electron chi connectivity index (χ4n) is 2.91. The number of likely N-dealkylation sites (tertiary alicyclic amines) is 1. The summed E-state index contributed by atoms with van der Waals surface area (Å²) in [6.45, 7) is 3.10. The first-order valence-electron chi connectivity index (χ1n) is 8.09. The second kappa shape index (κ2) is 7.93. The third-order valence-electron chi connectivity index (χ3n) is 4.29. The lowest BCUT2D eigenvalue weighted by Gasteiger charge is -2.31. The zero-order valence-electron chi connectivity index (χ0n) is 13.1. The number of thioether (sulfide) groups is 1. The number of rotatable bonds is 5. The molecule has 0 unspecified atom stereocenters. The zero-order chi connectivity index (χ0) is 16.1. The Morgan fingerprint density at radius 1 is 0.957 bits per heavy atom. The van der Waals surface area contributed by atoms with E-state index in [1.807, 2.05) is 24.3 Å². The Labute approximate surface area is 140 Å². The zero-order valence-corrected chi connectivity index (χ0v) is 13.9. The summed E-state index contributed by atoms with van der Waals surface area (Å²) in [6.07, 6.45) is 3.12. The van der Waals surface area contributed by atoms with Crippen molar-refractivity contribution in [2.24, 2.45) is 0 Å². The van der Waals surface area contributed by atoms with E-state index in [0.717, 1.165) is 43.8 Å². The predicted octanol–water partition coefficient (Wildman–Crippen LogP) is 4.76. The molecule has 1 aliphatic rings. The minimum Gasteiger partial charge on any atom is -0.303 e. The fraction of sp³-hybridized carbons (Fsp3) is 0.368. The van der Waals surface area contributed by atoms with Crippen LogP contribution in [-0.2, 0) is 6.42 Å². The van der Waals surface area contributed by atoms with Crippen molar-refractivity contribution in [1.82, 2.24) is 4.90 Å². The monoisotopic (exact) mass is 333 g/mol. The summed E-state index contributed by atoms with van der Waals surface area (Å²) in [4.78, 5) is 3.21. The Morgan fingerprint density at radius 2 is 1.65 bits per heavy atom. The molecule has 2 aromatic carbocycles. The van der Waals surface area contributed by atoms with Crippen LogP contribution in [0.15, 0.2) is 53.4 Å². The quantitative estimate of drug-likeness (QED) is 0.776. The molecule has 0 aliphatic carbocycles. The van der Waals surface area contributed by atoms with E-state index in [1.54, 1.807) is 17.8 Å². The number of nitrogens with zero attached hydrogens (tertiary/aromatic N) is 1. The number of hydrogen-bond acceptors (Lipinski definition) is 2. The highest BCUT2D eigenvalue weighted by Crippen LogP contribution is 2.31. The van der Waals surface area contributed by atoms with Gasteiger partial charge in [0.15, 0.2) is 0 Å². The molecule has 0 aromatic heterocycles. The Kier molecular flexibility index (Phi) is 5.68. The second-order valence-electron chi connectivity index (χ2n) is 5.97. The molecule has 0 N–H and O–H groups in total. The highest BCUT2D eigenvalue weighted by molar-refractivity contribution is 8.00. The Morgan fingerprint density at radius 3 is 2.35 bits per heavy atom. The molecule has 1 fully saturated rings. The summed E-state index contributed by atoms with van der Waals surface area (Å²) in [6, 6.07) is 13.8. The summed E-state index contributed by atoms with van der Waals surface area (Å²) < 4.78 is 26.6. The van der Waals surface area contributed by atoms with Crippen molar-refractivity contribution in [2.75, 3.05) is 19.6 Å². The first kappa shape index (κ1) is 16.5. The minimum atomic E-state index is -0.181. The predicted molar refractivity (Wildman–Crippen MR) is 91.8 cm³/mol. The van der Waals surface area contributed by atoms with Gasteiger partial charge in [-0.25, -0.2) is 8.78 Å². The molecule has 1 saturated heterocycles. The van der Waals surface area contributed by atoms with Gasteiger partial charge in [0, 0.05) is 16.7 Å². The molecule has 1 heterocycles. The molecule has 0 spiro atoms. The Bertz CT molecular complexity index is 622. The lowest BCUT2D eigenvalue weighted by Crippen LogP contribution is -2.36. The third-order valence-corrected chi connectivity index (χ3v) is 5.68.